The Morgan fingerprint density at radius 1 is 1.58 bits per heavy atom. The number of hydrogen-bond donors (Lipinski definition) is 1. The molecule has 2 aromatic rings. The maximum Gasteiger partial charge on any atom is 0.272 e. The molecule has 0 aliphatic rings. The molecule has 8 heteroatoms. The second kappa shape index (κ2) is 7.61. The van der Waals surface area contributed by atoms with Gasteiger partial charge >= 0.3 is 0 Å². The lowest BCUT2D eigenvalue weighted by Gasteiger charge is -1.97. The van der Waals surface area contributed by atoms with Gasteiger partial charge in [0.2, 0.25) is 0 Å². The Bertz CT molecular complexity index is 569. The molecule has 0 atom stereocenters. The summed E-state index contributed by atoms with van der Waals surface area (Å²) in [4.78, 5) is 15.4. The number of pyridine rings is 1. The van der Waals surface area contributed by atoms with Crippen LogP contribution in [0.15, 0.2) is 44.6 Å². The monoisotopic (exact) mass is 455 g/mol. The van der Waals surface area contributed by atoms with Crippen molar-refractivity contribution in [3.05, 3.63) is 50.2 Å². The Morgan fingerprint density at radius 3 is 2.95 bits per heavy atom. The molecule has 0 radical (unpaired) electrons. The van der Waals surface area contributed by atoms with Crippen LogP contribution in [0.3, 0.4) is 0 Å². The summed E-state index contributed by atoms with van der Waals surface area (Å²) in [6, 6.07) is 5.11. The summed E-state index contributed by atoms with van der Waals surface area (Å²) in [7, 11) is 0. The molecule has 0 aromatic carbocycles. The maximum absolute atomic E-state index is 11.6. The molecule has 0 fully saturated rings. The molecule has 5 nitrogen and oxygen atoms in total. The van der Waals surface area contributed by atoms with Gasteiger partial charge in [-0.3, -0.25) is 9.78 Å². The number of aromatic nitrogens is 1. The molecule has 0 aliphatic carbocycles. The number of furan rings is 1. The third-order valence-corrected chi connectivity index (χ3v) is 4.08. The topological polar surface area (TPSA) is 67.5 Å². The summed E-state index contributed by atoms with van der Waals surface area (Å²) in [5.74, 6) is 0.234. The van der Waals surface area contributed by atoms with E-state index in [1.54, 1.807) is 24.4 Å². The van der Waals surface area contributed by atoms with Gasteiger partial charge in [-0.25, -0.2) is 5.43 Å². The van der Waals surface area contributed by atoms with Crippen LogP contribution >= 0.6 is 50.9 Å². The highest BCUT2D eigenvalue weighted by molar-refractivity contribution is 14.1. The van der Waals surface area contributed by atoms with Crippen molar-refractivity contribution in [2.24, 2.45) is 5.10 Å². The van der Waals surface area contributed by atoms with Crippen molar-refractivity contribution in [2.45, 2.75) is 0 Å². The number of nitrogens with zero attached hydrogens (tertiary/aromatic N) is 2. The number of hydrogen-bond acceptors (Lipinski definition) is 4. The van der Waals surface area contributed by atoms with Crippen LogP contribution in [0.5, 0.6) is 0 Å². The second-order valence-electron chi connectivity index (χ2n) is 3.21. The van der Waals surface area contributed by atoms with E-state index in [1.165, 1.54) is 12.4 Å². The van der Waals surface area contributed by atoms with E-state index in [1.807, 2.05) is 22.6 Å². The van der Waals surface area contributed by atoms with Gasteiger partial charge in [0, 0.05) is 41.1 Å². The molecule has 0 unspecified atom stereocenters. The van der Waals surface area contributed by atoms with E-state index in [4.69, 9.17) is 4.42 Å². The van der Waals surface area contributed by atoms with E-state index >= 15 is 0 Å². The number of halogens is 3. The molecule has 0 saturated heterocycles. The highest BCUT2D eigenvalue weighted by Crippen LogP contribution is 2.21. The number of amides is 1. The lowest BCUT2D eigenvalue weighted by molar-refractivity contribution is 0.0955. The highest BCUT2D eigenvalue weighted by Gasteiger charge is 2.05. The molecule has 0 spiro atoms. The Morgan fingerprint density at radius 2 is 2.37 bits per heavy atom. The molecule has 0 saturated carbocycles. The Labute approximate surface area is 137 Å². The second-order valence-corrected chi connectivity index (χ2v) is 5.05. The van der Waals surface area contributed by atoms with Crippen molar-refractivity contribution in [1.29, 1.82) is 0 Å². The molecule has 2 aromatic heterocycles. The molecular formula is C11H8BrClIN3O2. The van der Waals surface area contributed by atoms with Crippen LogP contribution < -0.4 is 5.43 Å². The van der Waals surface area contributed by atoms with E-state index in [0.717, 1.165) is 8.24 Å². The predicted molar refractivity (Wildman–Crippen MR) is 85.7 cm³/mol. The average molecular weight is 456 g/mol. The summed E-state index contributed by atoms with van der Waals surface area (Å²) < 4.78 is 6.91. The van der Waals surface area contributed by atoms with Crippen LogP contribution in [0.2, 0.25) is 0 Å². The van der Waals surface area contributed by atoms with Gasteiger partial charge in [0.15, 0.2) is 3.77 Å². The number of carbonyl (C=O) groups is 1. The fourth-order valence-corrected chi connectivity index (χ4v) is 1.86. The molecule has 1 amide bonds. The summed E-state index contributed by atoms with van der Waals surface area (Å²) in [5.41, 5.74) is 2.84. The van der Waals surface area contributed by atoms with Gasteiger partial charge in [-0.2, -0.15) is 5.10 Å². The van der Waals surface area contributed by atoms with Crippen molar-refractivity contribution in [1.82, 2.24) is 10.4 Å². The average Bonchev–Trinajstić information content (AvgIpc) is 2.69. The summed E-state index contributed by atoms with van der Waals surface area (Å²) in [6.45, 7) is 0. The zero-order valence-corrected chi connectivity index (χ0v) is 13.9. The zero-order chi connectivity index (χ0) is 13.0. The maximum atomic E-state index is 11.6. The van der Waals surface area contributed by atoms with E-state index in [2.05, 4.69) is 31.4 Å². The smallest absolute Gasteiger partial charge is 0.272 e. The van der Waals surface area contributed by atoms with Crippen LogP contribution in [-0.2, 0) is 0 Å². The molecule has 19 heavy (non-hydrogen) atoms. The highest BCUT2D eigenvalue weighted by atomic mass is 127. The predicted octanol–water partition coefficient (Wildman–Crippen LogP) is 3.23. The van der Waals surface area contributed by atoms with Crippen LogP contribution in [0.25, 0.3) is 0 Å². The number of nitrogens with one attached hydrogen (secondary N) is 1. The van der Waals surface area contributed by atoms with Crippen LogP contribution in [0, 0.1) is 3.77 Å². The van der Waals surface area contributed by atoms with E-state index in [9.17, 15) is 4.79 Å². The summed E-state index contributed by atoms with van der Waals surface area (Å²) in [5, 5.41) is 3.80. The van der Waals surface area contributed by atoms with Gasteiger partial charge in [0.25, 0.3) is 5.91 Å². The van der Waals surface area contributed by atoms with E-state index < -0.39 is 0 Å². The van der Waals surface area contributed by atoms with Gasteiger partial charge in [0.1, 0.15) is 5.76 Å². The van der Waals surface area contributed by atoms with Gasteiger partial charge in [-0.05, 0) is 28.1 Å². The lowest BCUT2D eigenvalue weighted by atomic mass is 10.3. The first-order chi connectivity index (χ1) is 8.66. The minimum atomic E-state index is -0.320. The van der Waals surface area contributed by atoms with Gasteiger partial charge in [0.05, 0.1) is 16.3 Å². The number of rotatable bonds is 3. The fourth-order valence-electron chi connectivity index (χ4n) is 1.14. The number of carbonyl (C=O) groups excluding carboxylic acids is 1. The van der Waals surface area contributed by atoms with Crippen molar-refractivity contribution in [3.8, 4) is 0 Å². The normalized spacial score (nSPS) is 10.2. The molecule has 100 valence electrons. The lowest BCUT2D eigenvalue weighted by Crippen LogP contribution is -2.17. The third kappa shape index (κ3) is 4.59. The molecule has 0 bridgehead atoms. The molecule has 2 heterocycles. The number of hydrazone groups is 1. The quantitative estimate of drug-likeness (QED) is 0.438. The van der Waals surface area contributed by atoms with Crippen molar-refractivity contribution >= 4 is 63.0 Å². The molecular weight excluding hydrogens is 448 g/mol. The fraction of sp³-hybridized carbons (Fsp3) is 0. The molecule has 2 rings (SSSR count). The third-order valence-electron chi connectivity index (χ3n) is 1.95. The Kier molecular flexibility index (Phi) is 6.46. The van der Waals surface area contributed by atoms with Gasteiger partial charge in [-0.1, -0.05) is 0 Å². The van der Waals surface area contributed by atoms with Crippen molar-refractivity contribution in [3.63, 3.8) is 0 Å². The van der Waals surface area contributed by atoms with E-state index in [0.29, 0.717) is 11.3 Å². The zero-order valence-electron chi connectivity index (χ0n) is 9.34. The summed E-state index contributed by atoms with van der Waals surface area (Å²) >= 11 is 5.36. The van der Waals surface area contributed by atoms with E-state index in [-0.39, 0.29) is 18.3 Å². The largest absolute Gasteiger partial charge is 0.448 e. The minimum absolute atomic E-state index is 0. The standard InChI is InChI=1S/C11H7BrIN3O2.ClH/c12-9-4-8(18-10(9)13)6-15-16-11(17)7-2-1-3-14-5-7;/h1-6H,(H,16,17);1H/b15-6+;. The SMILES string of the molecule is Cl.O=C(N/N=C/c1cc(Br)c(I)o1)c1cccnc1. The first kappa shape index (κ1) is 16.1. The first-order valence-electron chi connectivity index (χ1n) is 4.85. The molecule has 0 aliphatic heterocycles. The Balaban J connectivity index is 0.00000180. The first-order valence-corrected chi connectivity index (χ1v) is 6.72. The van der Waals surface area contributed by atoms with Crippen LogP contribution in [0.1, 0.15) is 16.1 Å². The summed E-state index contributed by atoms with van der Waals surface area (Å²) in [6.07, 6.45) is 4.50. The van der Waals surface area contributed by atoms with Gasteiger partial charge in [-0.15, -0.1) is 12.4 Å². The van der Waals surface area contributed by atoms with Crippen LogP contribution in [0.4, 0.5) is 0 Å². The molecule has 1 N–H and O–H groups in total. The Hall–Kier alpha value is -0.930. The van der Waals surface area contributed by atoms with Gasteiger partial charge < -0.3 is 4.42 Å². The van der Waals surface area contributed by atoms with Crippen LogP contribution in [-0.4, -0.2) is 17.1 Å². The minimum Gasteiger partial charge on any atom is -0.448 e. The van der Waals surface area contributed by atoms with Crippen molar-refractivity contribution < 1.29 is 9.21 Å². The van der Waals surface area contributed by atoms with Crippen molar-refractivity contribution in [2.75, 3.05) is 0 Å².